The van der Waals surface area contributed by atoms with Crippen LogP contribution in [0.15, 0.2) is 42.5 Å². The molecule has 2 aromatic carbocycles. The first-order valence-corrected chi connectivity index (χ1v) is 8.50. The van der Waals surface area contributed by atoms with Crippen LogP contribution in [0.1, 0.15) is 19.8 Å². The first-order valence-electron chi connectivity index (χ1n) is 7.74. The van der Waals surface area contributed by atoms with Crippen LogP contribution in [0.25, 0.3) is 0 Å². The number of benzene rings is 2. The summed E-state index contributed by atoms with van der Waals surface area (Å²) in [5.41, 5.74) is 1.02. The van der Waals surface area contributed by atoms with E-state index in [1.54, 1.807) is 18.2 Å². The van der Waals surface area contributed by atoms with Gasteiger partial charge in [0.05, 0.1) is 23.9 Å². The van der Waals surface area contributed by atoms with E-state index in [4.69, 9.17) is 32.7 Å². The van der Waals surface area contributed by atoms with Crippen LogP contribution >= 0.6 is 23.2 Å². The first-order chi connectivity index (χ1) is 11.2. The third kappa shape index (κ3) is 5.85. The highest BCUT2D eigenvalue weighted by Crippen LogP contribution is 2.27. The van der Waals surface area contributed by atoms with E-state index in [2.05, 4.69) is 5.32 Å². The van der Waals surface area contributed by atoms with Crippen LogP contribution in [0.4, 0.5) is 5.69 Å². The molecule has 1 N–H and O–H groups in total. The molecular weight excluding hydrogens is 333 g/mol. The zero-order valence-corrected chi connectivity index (χ0v) is 14.7. The lowest BCUT2D eigenvalue weighted by molar-refractivity contribution is 0.308. The van der Waals surface area contributed by atoms with Gasteiger partial charge < -0.3 is 14.8 Å². The summed E-state index contributed by atoms with van der Waals surface area (Å²) < 4.78 is 11.2. The summed E-state index contributed by atoms with van der Waals surface area (Å²) in [6.07, 6.45) is 1.93. The van der Waals surface area contributed by atoms with Crippen molar-refractivity contribution in [1.29, 1.82) is 0 Å². The zero-order chi connectivity index (χ0) is 16.5. The summed E-state index contributed by atoms with van der Waals surface area (Å²) in [7, 11) is 0. The minimum atomic E-state index is 0.543. The van der Waals surface area contributed by atoms with Crippen molar-refractivity contribution in [3.05, 3.63) is 52.5 Å². The molecule has 2 aromatic rings. The number of para-hydroxylation sites is 2. The molecule has 0 aliphatic rings. The second-order valence-electron chi connectivity index (χ2n) is 4.99. The van der Waals surface area contributed by atoms with Crippen molar-refractivity contribution in [3.8, 4) is 11.5 Å². The third-order valence-corrected chi connectivity index (χ3v) is 3.76. The van der Waals surface area contributed by atoms with Gasteiger partial charge in [-0.15, -0.1) is 0 Å². The molecular formula is C18H21Cl2NO2. The van der Waals surface area contributed by atoms with Crippen LogP contribution in [0.2, 0.25) is 10.0 Å². The topological polar surface area (TPSA) is 30.5 Å². The van der Waals surface area contributed by atoms with E-state index in [9.17, 15) is 0 Å². The average molecular weight is 354 g/mol. The van der Waals surface area contributed by atoms with Crippen LogP contribution < -0.4 is 14.8 Å². The van der Waals surface area contributed by atoms with Gasteiger partial charge in [0.25, 0.3) is 0 Å². The maximum atomic E-state index is 6.06. The van der Waals surface area contributed by atoms with Crippen molar-refractivity contribution in [1.82, 2.24) is 0 Å². The Kier molecular flexibility index (Phi) is 7.37. The quantitative estimate of drug-likeness (QED) is 0.589. The zero-order valence-electron chi connectivity index (χ0n) is 13.1. The fourth-order valence-electron chi connectivity index (χ4n) is 2.12. The second-order valence-corrected chi connectivity index (χ2v) is 5.83. The molecule has 23 heavy (non-hydrogen) atoms. The van der Waals surface area contributed by atoms with Crippen LogP contribution in [0.3, 0.4) is 0 Å². The predicted molar refractivity (Wildman–Crippen MR) is 97.3 cm³/mol. The highest BCUT2D eigenvalue weighted by atomic mass is 35.5. The maximum Gasteiger partial charge on any atom is 0.142 e. The summed E-state index contributed by atoms with van der Waals surface area (Å²) >= 11 is 11.9. The van der Waals surface area contributed by atoms with Gasteiger partial charge in [-0.2, -0.15) is 0 Å². The van der Waals surface area contributed by atoms with E-state index in [0.717, 1.165) is 30.8 Å². The van der Waals surface area contributed by atoms with Gasteiger partial charge in [0.1, 0.15) is 11.5 Å². The minimum absolute atomic E-state index is 0.543. The molecule has 0 spiro atoms. The summed E-state index contributed by atoms with van der Waals surface area (Å²) in [5.74, 6) is 1.56. The van der Waals surface area contributed by atoms with Gasteiger partial charge in [-0.1, -0.05) is 35.3 Å². The lowest BCUT2D eigenvalue weighted by atomic mass is 10.2. The van der Waals surface area contributed by atoms with Crippen LogP contribution in [-0.4, -0.2) is 19.8 Å². The van der Waals surface area contributed by atoms with Crippen molar-refractivity contribution < 1.29 is 9.47 Å². The molecule has 0 aromatic heterocycles. The second kappa shape index (κ2) is 9.53. The molecule has 0 aliphatic heterocycles. The molecule has 0 bridgehead atoms. The van der Waals surface area contributed by atoms with E-state index < -0.39 is 0 Å². The van der Waals surface area contributed by atoms with E-state index >= 15 is 0 Å². The SMILES string of the molecule is CCOc1ccccc1NCCCCOc1ccc(Cl)cc1Cl. The van der Waals surface area contributed by atoms with Gasteiger partial charge in [0.2, 0.25) is 0 Å². The Bertz CT molecular complexity index is 620. The number of unbranched alkanes of at least 4 members (excludes halogenated alkanes) is 1. The smallest absolute Gasteiger partial charge is 0.142 e. The number of rotatable bonds is 9. The van der Waals surface area contributed by atoms with Crippen LogP contribution in [0.5, 0.6) is 11.5 Å². The van der Waals surface area contributed by atoms with Crippen molar-refractivity contribution in [2.24, 2.45) is 0 Å². The van der Waals surface area contributed by atoms with Gasteiger partial charge in [-0.25, -0.2) is 0 Å². The van der Waals surface area contributed by atoms with Gasteiger partial charge >= 0.3 is 0 Å². The van der Waals surface area contributed by atoms with E-state index in [1.807, 2.05) is 31.2 Å². The van der Waals surface area contributed by atoms with Crippen molar-refractivity contribution >= 4 is 28.9 Å². The van der Waals surface area contributed by atoms with E-state index in [1.165, 1.54) is 0 Å². The van der Waals surface area contributed by atoms with Crippen LogP contribution in [-0.2, 0) is 0 Å². The standard InChI is InChI=1S/C18H21Cl2NO2/c1-2-22-18-8-4-3-7-16(18)21-11-5-6-12-23-17-10-9-14(19)13-15(17)20/h3-4,7-10,13,21H,2,5-6,11-12H2,1H3. The fraction of sp³-hybridized carbons (Fsp3) is 0.333. The van der Waals surface area contributed by atoms with Gasteiger partial charge in [0, 0.05) is 11.6 Å². The molecule has 0 aliphatic carbocycles. The summed E-state index contributed by atoms with van der Waals surface area (Å²) in [6, 6.07) is 13.2. The molecule has 0 unspecified atom stereocenters. The Morgan fingerprint density at radius 2 is 1.78 bits per heavy atom. The highest BCUT2D eigenvalue weighted by Gasteiger charge is 2.03. The lowest BCUT2D eigenvalue weighted by Crippen LogP contribution is -2.06. The molecule has 2 rings (SSSR count). The van der Waals surface area contributed by atoms with Gasteiger partial charge in [0.15, 0.2) is 0 Å². The monoisotopic (exact) mass is 353 g/mol. The Hall–Kier alpha value is -1.58. The summed E-state index contributed by atoms with van der Waals surface area (Å²) in [5, 5.41) is 4.55. The normalized spacial score (nSPS) is 10.4. The molecule has 0 saturated heterocycles. The number of anilines is 1. The minimum Gasteiger partial charge on any atom is -0.492 e. The Labute approximate surface area is 147 Å². The predicted octanol–water partition coefficient (Wildman–Crippen LogP) is 5.66. The van der Waals surface area contributed by atoms with Gasteiger partial charge in [-0.3, -0.25) is 0 Å². The van der Waals surface area contributed by atoms with Gasteiger partial charge in [-0.05, 0) is 50.1 Å². The molecule has 124 valence electrons. The molecule has 0 fully saturated rings. The molecule has 0 atom stereocenters. The molecule has 0 radical (unpaired) electrons. The van der Waals surface area contributed by atoms with Crippen molar-refractivity contribution in [2.75, 3.05) is 25.1 Å². The van der Waals surface area contributed by atoms with E-state index in [-0.39, 0.29) is 0 Å². The number of hydrogen-bond acceptors (Lipinski definition) is 3. The maximum absolute atomic E-state index is 6.06. The number of ether oxygens (including phenoxy) is 2. The van der Waals surface area contributed by atoms with E-state index in [0.29, 0.717) is 29.0 Å². The number of hydrogen-bond donors (Lipinski definition) is 1. The molecule has 0 saturated carbocycles. The average Bonchev–Trinajstić information content (AvgIpc) is 2.54. The Morgan fingerprint density at radius 3 is 2.57 bits per heavy atom. The lowest BCUT2D eigenvalue weighted by Gasteiger charge is -2.12. The molecule has 5 heteroatoms. The molecule has 3 nitrogen and oxygen atoms in total. The summed E-state index contributed by atoms with van der Waals surface area (Å²) in [4.78, 5) is 0. The molecule has 0 heterocycles. The number of nitrogens with one attached hydrogen (secondary N) is 1. The van der Waals surface area contributed by atoms with Crippen LogP contribution in [0, 0.1) is 0 Å². The summed E-state index contributed by atoms with van der Waals surface area (Å²) in [6.45, 7) is 4.13. The number of halogens is 2. The van der Waals surface area contributed by atoms with Crippen molar-refractivity contribution in [3.63, 3.8) is 0 Å². The largest absolute Gasteiger partial charge is 0.492 e. The third-order valence-electron chi connectivity index (χ3n) is 3.22. The molecule has 0 amide bonds. The Balaban J connectivity index is 1.68. The van der Waals surface area contributed by atoms with Crippen molar-refractivity contribution in [2.45, 2.75) is 19.8 Å². The first kappa shape index (κ1) is 17.8. The Morgan fingerprint density at radius 1 is 0.957 bits per heavy atom. The fourth-order valence-corrected chi connectivity index (χ4v) is 2.58. The highest BCUT2D eigenvalue weighted by molar-refractivity contribution is 6.35.